The maximum atomic E-state index is 14.1. The van der Waals surface area contributed by atoms with E-state index in [1.807, 2.05) is 0 Å². The zero-order chi connectivity index (χ0) is 15.9. The van der Waals surface area contributed by atoms with E-state index in [0.717, 1.165) is 12.1 Å². The maximum absolute atomic E-state index is 14.1. The summed E-state index contributed by atoms with van der Waals surface area (Å²) in [6, 6.07) is 1.90. The van der Waals surface area contributed by atoms with Crippen LogP contribution in [0.4, 0.5) is 15.8 Å². The molecule has 2 amide bonds. The van der Waals surface area contributed by atoms with E-state index in [0.29, 0.717) is 0 Å². The molecule has 1 aromatic carbocycles. The van der Waals surface area contributed by atoms with Gasteiger partial charge in [0.1, 0.15) is 11.4 Å². The highest BCUT2D eigenvalue weighted by atomic mass is 19.1. The second kappa shape index (κ2) is 4.72. The zero-order valence-corrected chi connectivity index (χ0v) is 11.4. The highest BCUT2D eigenvalue weighted by Crippen LogP contribution is 2.31. The van der Waals surface area contributed by atoms with Gasteiger partial charge in [0.05, 0.1) is 17.8 Å². The second-order valence-electron chi connectivity index (χ2n) is 5.22. The van der Waals surface area contributed by atoms with Crippen LogP contribution >= 0.6 is 0 Å². The molecule has 0 atom stereocenters. The van der Waals surface area contributed by atoms with Crippen LogP contribution in [0.5, 0.6) is 0 Å². The van der Waals surface area contributed by atoms with Gasteiger partial charge in [-0.15, -0.1) is 0 Å². The Morgan fingerprint density at radius 2 is 2.05 bits per heavy atom. The molecule has 1 aliphatic rings. The van der Waals surface area contributed by atoms with Gasteiger partial charge in [0.25, 0.3) is 5.91 Å². The number of amides is 2. The molecule has 0 bridgehead atoms. The van der Waals surface area contributed by atoms with Crippen molar-refractivity contribution in [3.05, 3.63) is 23.5 Å². The molecule has 8 heteroatoms. The predicted molar refractivity (Wildman–Crippen MR) is 72.3 cm³/mol. The third-order valence-corrected chi connectivity index (χ3v) is 3.43. The van der Waals surface area contributed by atoms with E-state index in [2.05, 4.69) is 5.32 Å². The fourth-order valence-electron chi connectivity index (χ4n) is 2.14. The van der Waals surface area contributed by atoms with Crippen molar-refractivity contribution in [2.75, 3.05) is 17.2 Å². The standard InChI is InChI=1S/C13H14FN3O4/c1-13(2)12(21)16-10(18)5-17(13)9-3-6(11(19)20)8(15)4-7(9)14/h3-4H,5,15H2,1-2H3,(H,19,20)(H,16,18,21). The van der Waals surface area contributed by atoms with Gasteiger partial charge in [0.15, 0.2) is 0 Å². The molecule has 1 aromatic rings. The summed E-state index contributed by atoms with van der Waals surface area (Å²) in [6.45, 7) is 2.74. The van der Waals surface area contributed by atoms with Crippen LogP contribution in [0.1, 0.15) is 24.2 Å². The lowest BCUT2D eigenvalue weighted by Crippen LogP contribution is -2.64. The number of aromatic carboxylic acids is 1. The molecule has 0 aliphatic carbocycles. The molecule has 1 fully saturated rings. The number of carbonyl (C=O) groups is 3. The number of hydrogen-bond donors (Lipinski definition) is 3. The summed E-state index contributed by atoms with van der Waals surface area (Å²) in [6.07, 6.45) is 0. The second-order valence-corrected chi connectivity index (χ2v) is 5.22. The van der Waals surface area contributed by atoms with Gasteiger partial charge < -0.3 is 15.7 Å². The molecule has 112 valence electrons. The quantitative estimate of drug-likeness (QED) is 0.536. The summed E-state index contributed by atoms with van der Waals surface area (Å²) in [5.41, 5.74) is 3.57. The zero-order valence-electron chi connectivity index (χ0n) is 11.4. The van der Waals surface area contributed by atoms with Crippen LogP contribution < -0.4 is 16.0 Å². The van der Waals surface area contributed by atoms with Crippen LogP contribution in [0.2, 0.25) is 0 Å². The number of nitrogens with two attached hydrogens (primary N) is 1. The molecule has 1 saturated heterocycles. The number of rotatable bonds is 2. The van der Waals surface area contributed by atoms with Crippen LogP contribution in [-0.2, 0) is 9.59 Å². The summed E-state index contributed by atoms with van der Waals surface area (Å²) >= 11 is 0. The largest absolute Gasteiger partial charge is 0.478 e. The van der Waals surface area contributed by atoms with Gasteiger partial charge in [-0.2, -0.15) is 0 Å². The minimum atomic E-state index is -1.32. The number of carbonyl (C=O) groups excluding carboxylic acids is 2. The van der Waals surface area contributed by atoms with Crippen molar-refractivity contribution in [1.29, 1.82) is 0 Å². The van der Waals surface area contributed by atoms with E-state index < -0.39 is 29.1 Å². The number of benzene rings is 1. The molecule has 0 aromatic heterocycles. The van der Waals surface area contributed by atoms with Crippen LogP contribution in [-0.4, -0.2) is 35.0 Å². The van der Waals surface area contributed by atoms with Gasteiger partial charge >= 0.3 is 5.97 Å². The molecule has 2 rings (SSSR count). The summed E-state index contributed by atoms with van der Waals surface area (Å²) in [7, 11) is 0. The lowest BCUT2D eigenvalue weighted by atomic mass is 9.97. The Morgan fingerprint density at radius 3 is 2.62 bits per heavy atom. The summed E-state index contributed by atoms with van der Waals surface area (Å²) in [5.74, 6) is -3.30. The summed E-state index contributed by atoms with van der Waals surface area (Å²) < 4.78 is 14.1. The van der Waals surface area contributed by atoms with Crippen molar-refractivity contribution in [1.82, 2.24) is 5.32 Å². The average molecular weight is 295 g/mol. The topological polar surface area (TPSA) is 113 Å². The molecular formula is C13H14FN3O4. The molecule has 1 heterocycles. The lowest BCUT2D eigenvalue weighted by Gasteiger charge is -2.42. The minimum absolute atomic E-state index is 0.158. The number of halogens is 1. The number of piperazine rings is 1. The first-order valence-corrected chi connectivity index (χ1v) is 6.09. The molecule has 1 aliphatic heterocycles. The van der Waals surface area contributed by atoms with Crippen molar-refractivity contribution in [2.45, 2.75) is 19.4 Å². The molecule has 0 spiro atoms. The monoisotopic (exact) mass is 295 g/mol. The number of carboxylic acids is 1. The van der Waals surface area contributed by atoms with Gasteiger partial charge in [-0.3, -0.25) is 14.9 Å². The van der Waals surface area contributed by atoms with Crippen molar-refractivity contribution in [3.63, 3.8) is 0 Å². The third kappa shape index (κ3) is 2.39. The number of imide groups is 1. The van der Waals surface area contributed by atoms with E-state index in [-0.39, 0.29) is 23.5 Å². The molecule has 0 saturated carbocycles. The third-order valence-electron chi connectivity index (χ3n) is 3.43. The Labute approximate surface area is 119 Å². The van der Waals surface area contributed by atoms with Crippen molar-refractivity contribution in [3.8, 4) is 0 Å². The number of carboxylic acid groups (broad SMARTS) is 1. The van der Waals surface area contributed by atoms with Crippen LogP contribution in [0.25, 0.3) is 0 Å². The highest BCUT2D eigenvalue weighted by Gasteiger charge is 2.42. The first-order valence-electron chi connectivity index (χ1n) is 6.09. The Morgan fingerprint density at radius 1 is 1.43 bits per heavy atom. The fraction of sp³-hybridized carbons (Fsp3) is 0.308. The molecule has 0 unspecified atom stereocenters. The van der Waals surface area contributed by atoms with Crippen molar-refractivity contribution in [2.24, 2.45) is 0 Å². The number of nitrogens with one attached hydrogen (secondary N) is 1. The maximum Gasteiger partial charge on any atom is 0.337 e. The molecule has 4 N–H and O–H groups in total. The first-order chi connectivity index (χ1) is 9.64. The number of nitrogens with zero attached hydrogens (tertiary/aromatic N) is 1. The first kappa shape index (κ1) is 14.8. The van der Waals surface area contributed by atoms with E-state index in [1.54, 1.807) is 0 Å². The SMILES string of the molecule is CC1(C)C(=O)NC(=O)CN1c1cc(C(=O)O)c(N)cc1F. The smallest absolute Gasteiger partial charge is 0.337 e. The Hall–Kier alpha value is -2.64. The predicted octanol–water partition coefficient (Wildman–Crippen LogP) is 0.348. The molecule has 0 radical (unpaired) electrons. The minimum Gasteiger partial charge on any atom is -0.478 e. The number of anilines is 2. The van der Waals surface area contributed by atoms with Gasteiger partial charge in [-0.05, 0) is 26.0 Å². The Bertz CT molecular complexity index is 657. The Balaban J connectivity index is 2.59. The number of nitrogen functional groups attached to an aromatic ring is 1. The van der Waals surface area contributed by atoms with Crippen LogP contribution in [0.15, 0.2) is 12.1 Å². The lowest BCUT2D eigenvalue weighted by molar-refractivity contribution is -0.135. The van der Waals surface area contributed by atoms with E-state index in [1.165, 1.54) is 18.7 Å². The number of hydrogen-bond acceptors (Lipinski definition) is 5. The van der Waals surface area contributed by atoms with E-state index >= 15 is 0 Å². The summed E-state index contributed by atoms with van der Waals surface area (Å²) in [4.78, 5) is 35.7. The van der Waals surface area contributed by atoms with Gasteiger partial charge in [-0.25, -0.2) is 9.18 Å². The van der Waals surface area contributed by atoms with Crippen LogP contribution in [0.3, 0.4) is 0 Å². The molecule has 7 nitrogen and oxygen atoms in total. The van der Waals surface area contributed by atoms with Gasteiger partial charge in [-0.1, -0.05) is 0 Å². The summed E-state index contributed by atoms with van der Waals surface area (Å²) in [5, 5.41) is 11.2. The van der Waals surface area contributed by atoms with Crippen molar-refractivity contribution >= 4 is 29.2 Å². The van der Waals surface area contributed by atoms with Crippen molar-refractivity contribution < 1.29 is 23.9 Å². The van der Waals surface area contributed by atoms with Crippen LogP contribution in [0, 0.1) is 5.82 Å². The van der Waals surface area contributed by atoms with E-state index in [9.17, 15) is 18.8 Å². The van der Waals surface area contributed by atoms with E-state index in [4.69, 9.17) is 10.8 Å². The molecule has 21 heavy (non-hydrogen) atoms. The fourth-order valence-corrected chi connectivity index (χ4v) is 2.14. The Kier molecular flexibility index (Phi) is 3.32. The average Bonchev–Trinajstić information content (AvgIpc) is 2.34. The van der Waals surface area contributed by atoms with Gasteiger partial charge in [0.2, 0.25) is 5.91 Å². The molecular weight excluding hydrogens is 281 g/mol. The van der Waals surface area contributed by atoms with Gasteiger partial charge in [0, 0.05) is 5.69 Å². The highest BCUT2D eigenvalue weighted by molar-refractivity contribution is 6.07. The normalized spacial score (nSPS) is 17.6.